The molecule has 0 saturated heterocycles. The Morgan fingerprint density at radius 2 is 1.50 bits per heavy atom. The van der Waals surface area contributed by atoms with Gasteiger partial charge in [0.25, 0.3) is 11.6 Å². The average Bonchev–Trinajstić information content (AvgIpc) is 2.89. The van der Waals surface area contributed by atoms with Crippen LogP contribution in [0.5, 0.6) is 0 Å². The number of hydrogen-bond donors (Lipinski definition) is 2. The van der Waals surface area contributed by atoms with Crippen molar-refractivity contribution in [1.82, 2.24) is 0 Å². The number of rotatable bonds is 8. The zero-order chi connectivity index (χ0) is 25.5. The van der Waals surface area contributed by atoms with Crippen LogP contribution in [-0.2, 0) is 4.79 Å². The first-order chi connectivity index (χ1) is 17.4. The molecule has 4 aromatic carbocycles. The van der Waals surface area contributed by atoms with Crippen LogP contribution in [0.15, 0.2) is 108 Å². The minimum absolute atomic E-state index is 0.0826. The molecule has 0 aliphatic heterocycles. The monoisotopic (exact) mass is 497 g/mol. The molecule has 1 unspecified atom stereocenters. The second-order valence-corrected chi connectivity index (χ2v) is 9.23. The van der Waals surface area contributed by atoms with E-state index in [2.05, 4.69) is 10.6 Å². The van der Waals surface area contributed by atoms with Gasteiger partial charge in [0.05, 0.1) is 4.92 Å². The molecule has 0 spiro atoms. The molecule has 7 nitrogen and oxygen atoms in total. The van der Waals surface area contributed by atoms with E-state index < -0.39 is 10.2 Å². The summed E-state index contributed by atoms with van der Waals surface area (Å²) in [6, 6.07) is 29.7. The Labute approximate surface area is 212 Å². The summed E-state index contributed by atoms with van der Waals surface area (Å²) in [5.74, 6) is -0.542. The van der Waals surface area contributed by atoms with Gasteiger partial charge in [-0.05, 0) is 55.0 Å². The Hall–Kier alpha value is -4.43. The number of thioether (sulfide) groups is 1. The lowest BCUT2D eigenvalue weighted by Gasteiger charge is -2.18. The quantitative estimate of drug-likeness (QED) is 0.162. The maximum atomic E-state index is 13.3. The number of hydrogen-bond acceptors (Lipinski definition) is 5. The minimum Gasteiger partial charge on any atom is -0.325 e. The fourth-order valence-electron chi connectivity index (χ4n) is 3.47. The van der Waals surface area contributed by atoms with E-state index >= 15 is 0 Å². The lowest BCUT2D eigenvalue weighted by Crippen LogP contribution is -2.19. The predicted molar refractivity (Wildman–Crippen MR) is 142 cm³/mol. The first-order valence-electron chi connectivity index (χ1n) is 11.1. The first-order valence-corrected chi connectivity index (χ1v) is 12.0. The van der Waals surface area contributed by atoms with E-state index in [1.165, 1.54) is 36.0 Å². The van der Waals surface area contributed by atoms with E-state index in [1.54, 1.807) is 18.2 Å². The molecule has 36 heavy (non-hydrogen) atoms. The highest BCUT2D eigenvalue weighted by atomic mass is 32.2. The minimum atomic E-state index is -0.520. The largest absolute Gasteiger partial charge is 0.325 e. The van der Waals surface area contributed by atoms with Crippen molar-refractivity contribution in [2.24, 2.45) is 0 Å². The van der Waals surface area contributed by atoms with Crippen LogP contribution in [0.3, 0.4) is 0 Å². The molecule has 8 heteroatoms. The zero-order valence-electron chi connectivity index (χ0n) is 19.4. The van der Waals surface area contributed by atoms with Gasteiger partial charge < -0.3 is 10.6 Å². The summed E-state index contributed by atoms with van der Waals surface area (Å²) in [6.45, 7) is 1.99. The Kier molecular flexibility index (Phi) is 7.77. The third-order valence-electron chi connectivity index (χ3n) is 5.35. The number of anilines is 2. The number of nitrogens with one attached hydrogen (secondary N) is 2. The lowest BCUT2D eigenvalue weighted by atomic mass is 10.1. The number of nitrogens with zero attached hydrogens (tertiary/aromatic N) is 1. The van der Waals surface area contributed by atoms with Crippen molar-refractivity contribution in [1.29, 1.82) is 0 Å². The van der Waals surface area contributed by atoms with E-state index in [1.807, 2.05) is 67.6 Å². The van der Waals surface area contributed by atoms with Crippen LogP contribution in [0.4, 0.5) is 17.1 Å². The van der Waals surface area contributed by atoms with Crippen molar-refractivity contribution < 1.29 is 14.5 Å². The van der Waals surface area contributed by atoms with E-state index in [9.17, 15) is 19.7 Å². The Bertz CT molecular complexity index is 1370. The molecule has 1 atom stereocenters. The van der Waals surface area contributed by atoms with Crippen LogP contribution < -0.4 is 10.6 Å². The molecular weight excluding hydrogens is 474 g/mol. The molecule has 0 bridgehead atoms. The summed E-state index contributed by atoms with van der Waals surface area (Å²) in [5.41, 5.74) is 3.45. The van der Waals surface area contributed by atoms with Crippen molar-refractivity contribution in [3.8, 4) is 0 Å². The van der Waals surface area contributed by atoms with Crippen molar-refractivity contribution in [2.75, 3.05) is 10.6 Å². The summed E-state index contributed by atoms with van der Waals surface area (Å²) in [5, 5.41) is 16.1. The van der Waals surface area contributed by atoms with Crippen LogP contribution in [0.2, 0.25) is 0 Å². The maximum Gasteiger partial charge on any atom is 0.269 e. The molecule has 2 N–H and O–H groups in total. The zero-order valence-corrected chi connectivity index (χ0v) is 20.2. The van der Waals surface area contributed by atoms with Gasteiger partial charge in [0.15, 0.2) is 0 Å². The van der Waals surface area contributed by atoms with Gasteiger partial charge in [0, 0.05) is 34.0 Å². The van der Waals surface area contributed by atoms with Crippen molar-refractivity contribution in [3.63, 3.8) is 0 Å². The fraction of sp³-hybridized carbons (Fsp3) is 0.0714. The van der Waals surface area contributed by atoms with Gasteiger partial charge in [-0.15, -0.1) is 11.8 Å². The predicted octanol–water partition coefficient (Wildman–Crippen LogP) is 6.63. The molecule has 4 rings (SSSR count). The standard InChI is InChI=1S/C28H23N3O4S/c1-19-10-14-22(15-11-19)29-28(33)26(20-6-3-2-4-7-20)36-25-9-5-8-23(18-25)30-27(32)21-12-16-24(17-13-21)31(34)35/h2-18,26H,1H3,(H,29,33)(H,30,32). The third-order valence-corrected chi connectivity index (χ3v) is 6.59. The van der Waals surface area contributed by atoms with Crippen LogP contribution in [0, 0.1) is 17.0 Å². The molecule has 0 heterocycles. The van der Waals surface area contributed by atoms with Gasteiger partial charge in [0.1, 0.15) is 5.25 Å². The number of amides is 2. The molecule has 0 fully saturated rings. The number of non-ortho nitro benzene ring substituents is 1. The number of aryl methyl sites for hydroxylation is 1. The average molecular weight is 498 g/mol. The van der Waals surface area contributed by atoms with Crippen molar-refractivity contribution >= 4 is 40.6 Å². The number of carbonyl (C=O) groups is 2. The highest BCUT2D eigenvalue weighted by Crippen LogP contribution is 2.37. The molecule has 0 aliphatic carbocycles. The number of nitro benzene ring substituents is 1. The van der Waals surface area contributed by atoms with Crippen LogP contribution in [-0.4, -0.2) is 16.7 Å². The highest BCUT2D eigenvalue weighted by molar-refractivity contribution is 8.00. The van der Waals surface area contributed by atoms with Crippen LogP contribution in [0.25, 0.3) is 0 Å². The second kappa shape index (κ2) is 11.3. The number of nitro groups is 1. The molecule has 180 valence electrons. The Morgan fingerprint density at radius 3 is 2.17 bits per heavy atom. The second-order valence-electron chi connectivity index (χ2n) is 8.05. The molecule has 0 radical (unpaired) electrons. The van der Waals surface area contributed by atoms with Gasteiger partial charge in [-0.1, -0.05) is 54.1 Å². The van der Waals surface area contributed by atoms with Crippen molar-refractivity contribution in [2.45, 2.75) is 17.1 Å². The highest BCUT2D eigenvalue weighted by Gasteiger charge is 2.22. The summed E-state index contributed by atoms with van der Waals surface area (Å²) >= 11 is 1.38. The third kappa shape index (κ3) is 6.37. The van der Waals surface area contributed by atoms with Gasteiger partial charge >= 0.3 is 0 Å². The van der Waals surface area contributed by atoms with E-state index in [0.29, 0.717) is 11.3 Å². The summed E-state index contributed by atoms with van der Waals surface area (Å²) in [4.78, 5) is 37.0. The molecule has 0 saturated carbocycles. The van der Waals surface area contributed by atoms with Crippen LogP contribution >= 0.6 is 11.8 Å². The van der Waals surface area contributed by atoms with E-state index in [4.69, 9.17) is 0 Å². The van der Waals surface area contributed by atoms with E-state index in [-0.39, 0.29) is 17.5 Å². The van der Waals surface area contributed by atoms with Gasteiger partial charge in [-0.3, -0.25) is 19.7 Å². The first kappa shape index (κ1) is 24.7. The molecule has 4 aromatic rings. The maximum absolute atomic E-state index is 13.3. The fourth-order valence-corrected chi connectivity index (χ4v) is 4.55. The van der Waals surface area contributed by atoms with E-state index in [0.717, 1.165) is 21.7 Å². The SMILES string of the molecule is Cc1ccc(NC(=O)C(Sc2cccc(NC(=O)c3ccc([N+](=O)[O-])cc3)c2)c2ccccc2)cc1. The normalized spacial score (nSPS) is 11.4. The molecule has 0 aromatic heterocycles. The number of carbonyl (C=O) groups excluding carboxylic acids is 2. The molecule has 0 aliphatic rings. The van der Waals surface area contributed by atoms with Crippen LogP contribution in [0.1, 0.15) is 26.7 Å². The van der Waals surface area contributed by atoms with Crippen molar-refractivity contribution in [3.05, 3.63) is 130 Å². The lowest BCUT2D eigenvalue weighted by molar-refractivity contribution is -0.384. The number of benzene rings is 4. The summed E-state index contributed by atoms with van der Waals surface area (Å²) in [7, 11) is 0. The topological polar surface area (TPSA) is 101 Å². The van der Waals surface area contributed by atoms with Gasteiger partial charge in [0.2, 0.25) is 5.91 Å². The smallest absolute Gasteiger partial charge is 0.269 e. The Morgan fingerprint density at radius 1 is 0.806 bits per heavy atom. The molecular formula is C28H23N3O4S. The summed E-state index contributed by atoms with van der Waals surface area (Å²) < 4.78 is 0. The molecule has 2 amide bonds. The van der Waals surface area contributed by atoms with Gasteiger partial charge in [-0.25, -0.2) is 0 Å². The Balaban J connectivity index is 1.51. The van der Waals surface area contributed by atoms with Gasteiger partial charge in [-0.2, -0.15) is 0 Å². The summed E-state index contributed by atoms with van der Waals surface area (Å²) in [6.07, 6.45) is 0.